The van der Waals surface area contributed by atoms with Gasteiger partial charge in [-0.15, -0.1) is 12.4 Å². The van der Waals surface area contributed by atoms with Crippen LogP contribution in [0.5, 0.6) is 0 Å². The lowest BCUT2D eigenvalue weighted by molar-refractivity contribution is -0.150. The molecule has 0 aromatic carbocycles. The molecule has 1 saturated heterocycles. The summed E-state index contributed by atoms with van der Waals surface area (Å²) in [5, 5.41) is 0. The molecule has 1 rings (SSSR count). The molecule has 0 amide bonds. The number of ether oxygens (including phenoxy) is 1. The number of likely N-dealkylation sites (tertiary alicyclic amines) is 1. The van der Waals surface area contributed by atoms with Crippen molar-refractivity contribution in [3.8, 4) is 0 Å². The maximum atomic E-state index is 12.2. The zero-order valence-electron chi connectivity index (χ0n) is 13.2. The van der Waals surface area contributed by atoms with Crippen molar-refractivity contribution in [1.82, 2.24) is 4.90 Å². The molecule has 1 fully saturated rings. The van der Waals surface area contributed by atoms with E-state index in [0.717, 1.165) is 32.4 Å². The molecule has 0 aliphatic carbocycles. The lowest BCUT2D eigenvalue weighted by Gasteiger charge is -2.33. The minimum Gasteiger partial charge on any atom is -0.465 e. The van der Waals surface area contributed by atoms with Gasteiger partial charge < -0.3 is 4.74 Å². The third-order valence-corrected chi connectivity index (χ3v) is 3.88. The first-order valence-electron chi connectivity index (χ1n) is 8.20. The van der Waals surface area contributed by atoms with Gasteiger partial charge in [0, 0.05) is 0 Å². The van der Waals surface area contributed by atoms with Gasteiger partial charge >= 0.3 is 5.97 Å². The number of hydrogen-bond donors (Lipinski definition) is 0. The van der Waals surface area contributed by atoms with Gasteiger partial charge in [-0.1, -0.05) is 46.0 Å². The van der Waals surface area contributed by atoms with E-state index in [1.807, 2.05) is 6.92 Å². The zero-order chi connectivity index (χ0) is 13.9. The van der Waals surface area contributed by atoms with Gasteiger partial charge in [0.1, 0.15) is 6.04 Å². The highest BCUT2D eigenvalue weighted by molar-refractivity contribution is 5.85. The standard InChI is InChI=1S/C16H31NO2.ClH/c1-3-5-6-8-11-15(16(18)19-14-4-2)17-12-9-7-10-13-17;/h15H,3-14H2,1-2H3;1H. The minimum absolute atomic E-state index is 0. The molecular formula is C16H32ClNO2. The van der Waals surface area contributed by atoms with Crippen LogP contribution in [-0.4, -0.2) is 36.6 Å². The van der Waals surface area contributed by atoms with E-state index >= 15 is 0 Å². The Morgan fingerprint density at radius 3 is 2.35 bits per heavy atom. The molecule has 0 aromatic rings. The number of carbonyl (C=O) groups is 1. The molecule has 4 heteroatoms. The van der Waals surface area contributed by atoms with Crippen LogP contribution in [0.3, 0.4) is 0 Å². The Bertz CT molecular complexity index is 243. The lowest BCUT2D eigenvalue weighted by atomic mass is 10.0. The van der Waals surface area contributed by atoms with Crippen molar-refractivity contribution in [2.75, 3.05) is 19.7 Å². The predicted octanol–water partition coefficient (Wildman–Crippen LogP) is 4.19. The van der Waals surface area contributed by atoms with Gasteiger partial charge in [-0.25, -0.2) is 0 Å². The van der Waals surface area contributed by atoms with Crippen LogP contribution >= 0.6 is 12.4 Å². The summed E-state index contributed by atoms with van der Waals surface area (Å²) in [6.07, 6.45) is 10.6. The Morgan fingerprint density at radius 1 is 1.05 bits per heavy atom. The molecule has 0 bridgehead atoms. The minimum atomic E-state index is 0. The number of rotatable bonds is 9. The van der Waals surface area contributed by atoms with Crippen molar-refractivity contribution in [1.29, 1.82) is 0 Å². The summed E-state index contributed by atoms with van der Waals surface area (Å²) < 4.78 is 5.38. The van der Waals surface area contributed by atoms with E-state index in [4.69, 9.17) is 4.74 Å². The molecule has 1 aliphatic heterocycles. The lowest BCUT2D eigenvalue weighted by Crippen LogP contribution is -2.45. The second kappa shape index (κ2) is 12.5. The molecule has 1 atom stereocenters. The molecule has 1 heterocycles. The van der Waals surface area contributed by atoms with E-state index in [0.29, 0.717) is 6.61 Å². The Labute approximate surface area is 130 Å². The van der Waals surface area contributed by atoms with Gasteiger partial charge in [0.25, 0.3) is 0 Å². The van der Waals surface area contributed by atoms with E-state index in [1.54, 1.807) is 0 Å². The van der Waals surface area contributed by atoms with Gasteiger partial charge in [-0.3, -0.25) is 9.69 Å². The van der Waals surface area contributed by atoms with Gasteiger partial charge in [-0.2, -0.15) is 0 Å². The van der Waals surface area contributed by atoms with Crippen LogP contribution < -0.4 is 0 Å². The third-order valence-electron chi connectivity index (χ3n) is 3.88. The van der Waals surface area contributed by atoms with Gasteiger partial charge in [0.2, 0.25) is 0 Å². The van der Waals surface area contributed by atoms with Crippen LogP contribution in [0, 0.1) is 0 Å². The molecule has 0 N–H and O–H groups in total. The normalized spacial score (nSPS) is 17.3. The second-order valence-electron chi connectivity index (χ2n) is 5.63. The number of piperidine rings is 1. The van der Waals surface area contributed by atoms with E-state index in [2.05, 4.69) is 11.8 Å². The average Bonchev–Trinajstić information content (AvgIpc) is 2.46. The van der Waals surface area contributed by atoms with Crippen molar-refractivity contribution < 1.29 is 9.53 Å². The largest absolute Gasteiger partial charge is 0.465 e. The van der Waals surface area contributed by atoms with E-state index < -0.39 is 0 Å². The summed E-state index contributed by atoms with van der Waals surface area (Å²) in [7, 11) is 0. The van der Waals surface area contributed by atoms with Crippen molar-refractivity contribution in [3.05, 3.63) is 0 Å². The summed E-state index contributed by atoms with van der Waals surface area (Å²) in [6, 6.07) is 0.0173. The van der Waals surface area contributed by atoms with E-state index in [1.165, 1.54) is 38.5 Å². The molecular weight excluding hydrogens is 274 g/mol. The topological polar surface area (TPSA) is 29.5 Å². The first kappa shape index (κ1) is 19.7. The molecule has 1 aliphatic rings. The Balaban J connectivity index is 0.00000361. The second-order valence-corrected chi connectivity index (χ2v) is 5.63. The first-order valence-corrected chi connectivity index (χ1v) is 8.20. The van der Waals surface area contributed by atoms with Gasteiger partial charge in [-0.05, 0) is 38.8 Å². The maximum absolute atomic E-state index is 12.2. The fraction of sp³-hybridized carbons (Fsp3) is 0.938. The number of unbranched alkanes of at least 4 members (excludes halogenated alkanes) is 3. The zero-order valence-corrected chi connectivity index (χ0v) is 14.1. The molecule has 0 spiro atoms. The van der Waals surface area contributed by atoms with Crippen molar-refractivity contribution in [2.45, 2.75) is 77.7 Å². The molecule has 3 nitrogen and oxygen atoms in total. The molecule has 0 saturated carbocycles. The fourth-order valence-electron chi connectivity index (χ4n) is 2.74. The summed E-state index contributed by atoms with van der Waals surface area (Å²) in [6.45, 7) is 6.97. The van der Waals surface area contributed by atoms with Crippen LogP contribution in [0.4, 0.5) is 0 Å². The van der Waals surface area contributed by atoms with Gasteiger partial charge in [0.05, 0.1) is 6.61 Å². The molecule has 0 radical (unpaired) electrons. The SMILES string of the molecule is CCCCCCC(C(=O)OCCC)N1CCCCC1.Cl. The number of nitrogens with zero attached hydrogens (tertiary/aromatic N) is 1. The Kier molecular flexibility index (Phi) is 12.3. The first-order chi connectivity index (χ1) is 9.29. The van der Waals surface area contributed by atoms with Crippen molar-refractivity contribution >= 4 is 18.4 Å². The summed E-state index contributed by atoms with van der Waals surface area (Å²) >= 11 is 0. The smallest absolute Gasteiger partial charge is 0.323 e. The highest BCUT2D eigenvalue weighted by Crippen LogP contribution is 2.18. The van der Waals surface area contributed by atoms with Crippen LogP contribution in [0.2, 0.25) is 0 Å². The van der Waals surface area contributed by atoms with E-state index in [-0.39, 0.29) is 24.4 Å². The highest BCUT2D eigenvalue weighted by Gasteiger charge is 2.27. The van der Waals surface area contributed by atoms with Crippen LogP contribution in [0.15, 0.2) is 0 Å². The Morgan fingerprint density at radius 2 is 1.75 bits per heavy atom. The molecule has 120 valence electrons. The predicted molar refractivity (Wildman–Crippen MR) is 86.5 cm³/mol. The van der Waals surface area contributed by atoms with Crippen molar-refractivity contribution in [2.24, 2.45) is 0 Å². The monoisotopic (exact) mass is 305 g/mol. The molecule has 20 heavy (non-hydrogen) atoms. The third kappa shape index (κ3) is 7.49. The summed E-state index contributed by atoms with van der Waals surface area (Å²) in [5.74, 6) is 0.0141. The number of hydrogen-bond acceptors (Lipinski definition) is 3. The number of esters is 1. The van der Waals surface area contributed by atoms with Crippen LogP contribution in [0.25, 0.3) is 0 Å². The highest BCUT2D eigenvalue weighted by atomic mass is 35.5. The molecule has 1 unspecified atom stereocenters. The van der Waals surface area contributed by atoms with Crippen LogP contribution in [0.1, 0.15) is 71.6 Å². The van der Waals surface area contributed by atoms with Gasteiger partial charge in [0.15, 0.2) is 0 Å². The maximum Gasteiger partial charge on any atom is 0.323 e. The quantitative estimate of drug-likeness (QED) is 0.472. The number of carbonyl (C=O) groups excluding carboxylic acids is 1. The Hall–Kier alpha value is -0.280. The average molecular weight is 306 g/mol. The van der Waals surface area contributed by atoms with Crippen molar-refractivity contribution in [3.63, 3.8) is 0 Å². The van der Waals surface area contributed by atoms with E-state index in [9.17, 15) is 4.79 Å². The van der Waals surface area contributed by atoms with Crippen LogP contribution in [-0.2, 0) is 9.53 Å². The summed E-state index contributed by atoms with van der Waals surface area (Å²) in [5.41, 5.74) is 0. The summed E-state index contributed by atoms with van der Waals surface area (Å²) in [4.78, 5) is 14.6. The fourth-order valence-corrected chi connectivity index (χ4v) is 2.74. The molecule has 0 aromatic heterocycles. The number of halogens is 1.